The summed E-state index contributed by atoms with van der Waals surface area (Å²) in [5, 5.41) is 0. The van der Waals surface area contributed by atoms with E-state index < -0.39 is 11.6 Å². The van der Waals surface area contributed by atoms with E-state index in [4.69, 9.17) is 9.47 Å². The number of allylic oxidation sites excluding steroid dienone is 4. The van der Waals surface area contributed by atoms with E-state index in [1.807, 2.05) is 0 Å². The summed E-state index contributed by atoms with van der Waals surface area (Å²) in [6.07, 6.45) is 9.76. The van der Waals surface area contributed by atoms with Crippen molar-refractivity contribution in [3.05, 3.63) is 47.1 Å². The Bertz CT molecular complexity index is 616. The van der Waals surface area contributed by atoms with Crippen LogP contribution < -0.4 is 9.47 Å². The molecule has 1 atom stereocenters. The second kappa shape index (κ2) is 8.86. The van der Waals surface area contributed by atoms with Gasteiger partial charge >= 0.3 is 0 Å². The Kier molecular flexibility index (Phi) is 6.83. The van der Waals surface area contributed by atoms with Crippen molar-refractivity contribution in [2.45, 2.75) is 46.0 Å². The molecular weight excluding hydrogens is 310 g/mol. The molecule has 24 heavy (non-hydrogen) atoms. The lowest BCUT2D eigenvalue weighted by Gasteiger charge is -2.22. The van der Waals surface area contributed by atoms with Crippen molar-refractivity contribution in [1.29, 1.82) is 0 Å². The first-order valence-corrected chi connectivity index (χ1v) is 8.47. The summed E-state index contributed by atoms with van der Waals surface area (Å²) in [6, 6.07) is 2.80. The van der Waals surface area contributed by atoms with Crippen LogP contribution in [-0.4, -0.2) is 13.7 Å². The summed E-state index contributed by atoms with van der Waals surface area (Å²) in [6.45, 7) is 4.63. The van der Waals surface area contributed by atoms with Crippen LogP contribution in [0.15, 0.2) is 35.4 Å². The average molecular weight is 336 g/mol. The standard InChI is InChI=1S/C20H26F2O2/c1-14(2)5-4-6-15-7-9-16(10-8-15)13-24-18-12-11-17(23-3)19(21)20(18)22/h5,7,11-12,16H,4,6,8-10,13H2,1-3H3. The van der Waals surface area contributed by atoms with Crippen LogP contribution in [0, 0.1) is 17.6 Å². The minimum Gasteiger partial charge on any atom is -0.494 e. The van der Waals surface area contributed by atoms with E-state index in [9.17, 15) is 8.78 Å². The van der Waals surface area contributed by atoms with Gasteiger partial charge in [-0.3, -0.25) is 0 Å². The van der Waals surface area contributed by atoms with Crippen LogP contribution in [0.25, 0.3) is 0 Å². The Balaban J connectivity index is 1.83. The maximum Gasteiger partial charge on any atom is 0.204 e. The van der Waals surface area contributed by atoms with Gasteiger partial charge in [0.15, 0.2) is 11.5 Å². The lowest BCUT2D eigenvalue weighted by molar-refractivity contribution is 0.224. The number of methoxy groups -OCH3 is 1. The minimum absolute atomic E-state index is 0.0494. The van der Waals surface area contributed by atoms with Crippen LogP contribution in [0.3, 0.4) is 0 Å². The number of ether oxygens (including phenoxy) is 2. The molecule has 1 aliphatic carbocycles. The van der Waals surface area contributed by atoms with Gasteiger partial charge in [-0.1, -0.05) is 23.3 Å². The zero-order valence-corrected chi connectivity index (χ0v) is 14.7. The molecule has 2 rings (SSSR count). The van der Waals surface area contributed by atoms with Crippen molar-refractivity contribution in [3.8, 4) is 11.5 Å². The van der Waals surface area contributed by atoms with Gasteiger partial charge in [0.2, 0.25) is 11.6 Å². The first-order chi connectivity index (χ1) is 11.5. The fourth-order valence-corrected chi connectivity index (χ4v) is 2.86. The largest absolute Gasteiger partial charge is 0.494 e. The molecule has 0 aromatic heterocycles. The smallest absolute Gasteiger partial charge is 0.204 e. The first-order valence-electron chi connectivity index (χ1n) is 8.47. The summed E-state index contributed by atoms with van der Waals surface area (Å²) in [5.74, 6) is -1.79. The maximum absolute atomic E-state index is 13.9. The van der Waals surface area contributed by atoms with E-state index in [1.54, 1.807) is 0 Å². The van der Waals surface area contributed by atoms with Crippen LogP contribution in [0.2, 0.25) is 0 Å². The molecule has 0 saturated heterocycles. The number of halogens is 2. The Morgan fingerprint density at radius 3 is 2.54 bits per heavy atom. The topological polar surface area (TPSA) is 18.5 Å². The highest BCUT2D eigenvalue weighted by Gasteiger charge is 2.18. The summed E-state index contributed by atoms with van der Waals surface area (Å²) in [4.78, 5) is 0. The Hall–Kier alpha value is -1.84. The summed E-state index contributed by atoms with van der Waals surface area (Å²) in [5.41, 5.74) is 2.84. The third-order valence-electron chi connectivity index (χ3n) is 4.34. The van der Waals surface area contributed by atoms with Crippen molar-refractivity contribution in [3.63, 3.8) is 0 Å². The van der Waals surface area contributed by atoms with Crippen LogP contribution in [0.4, 0.5) is 8.78 Å². The molecule has 4 heteroatoms. The maximum atomic E-state index is 13.9. The molecule has 132 valence electrons. The highest BCUT2D eigenvalue weighted by molar-refractivity contribution is 5.34. The van der Waals surface area contributed by atoms with Crippen molar-refractivity contribution in [2.24, 2.45) is 5.92 Å². The van der Waals surface area contributed by atoms with Gasteiger partial charge in [-0.2, -0.15) is 8.78 Å². The zero-order valence-electron chi connectivity index (χ0n) is 14.7. The van der Waals surface area contributed by atoms with Gasteiger partial charge in [-0.05, 0) is 64.0 Å². The van der Waals surface area contributed by atoms with Gasteiger partial charge in [0.1, 0.15) is 0 Å². The van der Waals surface area contributed by atoms with Gasteiger partial charge in [-0.15, -0.1) is 0 Å². The van der Waals surface area contributed by atoms with Gasteiger partial charge < -0.3 is 9.47 Å². The molecule has 1 aromatic carbocycles. The van der Waals surface area contributed by atoms with Gasteiger partial charge in [0.05, 0.1) is 13.7 Å². The molecular formula is C20H26F2O2. The molecule has 0 heterocycles. The number of hydrogen-bond acceptors (Lipinski definition) is 2. The average Bonchev–Trinajstić information content (AvgIpc) is 2.57. The summed E-state index contributed by atoms with van der Waals surface area (Å²) in [7, 11) is 1.31. The van der Waals surface area contributed by atoms with Gasteiger partial charge in [-0.25, -0.2) is 0 Å². The van der Waals surface area contributed by atoms with Crippen LogP contribution in [-0.2, 0) is 0 Å². The SMILES string of the molecule is COc1ccc(OCC2CC=C(CCC=C(C)C)CC2)c(F)c1F. The normalized spacial score (nSPS) is 17.2. The Morgan fingerprint density at radius 2 is 1.92 bits per heavy atom. The predicted octanol–water partition coefficient (Wildman–Crippen LogP) is 5.83. The molecule has 0 fully saturated rings. The van der Waals surface area contributed by atoms with Crippen molar-refractivity contribution >= 4 is 0 Å². The molecule has 0 N–H and O–H groups in total. The predicted molar refractivity (Wildman–Crippen MR) is 92.5 cm³/mol. The zero-order chi connectivity index (χ0) is 17.5. The Morgan fingerprint density at radius 1 is 1.21 bits per heavy atom. The van der Waals surface area contributed by atoms with Gasteiger partial charge in [0.25, 0.3) is 0 Å². The van der Waals surface area contributed by atoms with Gasteiger partial charge in [0, 0.05) is 0 Å². The second-order valence-corrected chi connectivity index (χ2v) is 6.53. The summed E-state index contributed by atoms with van der Waals surface area (Å²) < 4.78 is 37.8. The van der Waals surface area contributed by atoms with Crippen LogP contribution in [0.1, 0.15) is 46.0 Å². The minimum atomic E-state index is -1.000. The molecule has 1 aliphatic rings. The molecule has 1 unspecified atom stereocenters. The second-order valence-electron chi connectivity index (χ2n) is 6.53. The van der Waals surface area contributed by atoms with E-state index in [1.165, 1.54) is 30.4 Å². The molecule has 0 amide bonds. The lowest BCUT2D eigenvalue weighted by atomic mass is 9.88. The number of rotatable bonds is 7. The molecule has 0 saturated carbocycles. The third-order valence-corrected chi connectivity index (χ3v) is 4.34. The fourth-order valence-electron chi connectivity index (χ4n) is 2.86. The Labute approximate surface area is 143 Å². The monoisotopic (exact) mass is 336 g/mol. The molecule has 0 bridgehead atoms. The third kappa shape index (κ3) is 5.08. The van der Waals surface area contributed by atoms with Crippen molar-refractivity contribution in [1.82, 2.24) is 0 Å². The van der Waals surface area contributed by atoms with E-state index >= 15 is 0 Å². The van der Waals surface area contributed by atoms with Crippen LogP contribution in [0.5, 0.6) is 11.5 Å². The highest BCUT2D eigenvalue weighted by Crippen LogP contribution is 2.30. The molecule has 0 aliphatic heterocycles. The van der Waals surface area contributed by atoms with Crippen LogP contribution >= 0.6 is 0 Å². The molecule has 1 aromatic rings. The summed E-state index contributed by atoms with van der Waals surface area (Å²) >= 11 is 0. The van der Waals surface area contributed by atoms with E-state index in [0.29, 0.717) is 12.5 Å². The molecule has 0 radical (unpaired) electrons. The first kappa shape index (κ1) is 18.5. The van der Waals surface area contributed by atoms with Crippen molar-refractivity contribution < 1.29 is 18.3 Å². The van der Waals surface area contributed by atoms with Crippen molar-refractivity contribution in [2.75, 3.05) is 13.7 Å². The van der Waals surface area contributed by atoms with E-state index in [2.05, 4.69) is 26.0 Å². The number of benzene rings is 1. The quantitative estimate of drug-likeness (QED) is 0.584. The molecule has 2 nitrogen and oxygen atoms in total. The fraction of sp³-hybridized carbons (Fsp3) is 0.500. The van der Waals surface area contributed by atoms with E-state index in [0.717, 1.165) is 32.1 Å². The van der Waals surface area contributed by atoms with E-state index in [-0.39, 0.29) is 11.5 Å². The molecule has 0 spiro atoms. The highest BCUT2D eigenvalue weighted by atomic mass is 19.2. The number of hydrogen-bond donors (Lipinski definition) is 0. The lowest BCUT2D eigenvalue weighted by Crippen LogP contribution is -2.15.